The van der Waals surface area contributed by atoms with E-state index in [1.54, 1.807) is 6.20 Å². The Morgan fingerprint density at radius 3 is 3.05 bits per heavy atom. The lowest BCUT2D eigenvalue weighted by atomic mass is 10.1. The molecule has 0 aliphatic carbocycles. The van der Waals surface area contributed by atoms with Crippen LogP contribution in [0, 0.1) is 17.2 Å². The number of amides is 1. The van der Waals surface area contributed by atoms with Gasteiger partial charge in [0.15, 0.2) is 0 Å². The zero-order chi connectivity index (χ0) is 13.4. The molecule has 6 heteroatoms. The molecule has 1 N–H and O–H groups in total. The number of hydrogen-bond acceptors (Lipinski definition) is 4. The van der Waals surface area contributed by atoms with Gasteiger partial charge >= 0.3 is 6.09 Å². The van der Waals surface area contributed by atoms with Crippen LogP contribution in [0.3, 0.4) is 0 Å². The van der Waals surface area contributed by atoms with Crippen molar-refractivity contribution in [2.45, 2.75) is 12.5 Å². The molecule has 0 unspecified atom stereocenters. The number of fused-ring (bicyclic) bond motifs is 1. The SMILES string of the molecule is N#Cc1cncc(N2CC[C@H]3CN(C(=O)O)C[C@H]32)c1. The third kappa shape index (κ3) is 1.97. The topological polar surface area (TPSA) is 80.5 Å². The molecule has 2 atom stereocenters. The van der Waals surface area contributed by atoms with Crippen LogP contribution in [0.2, 0.25) is 0 Å². The first-order chi connectivity index (χ1) is 9.19. The van der Waals surface area contributed by atoms with Gasteiger partial charge in [0.1, 0.15) is 6.07 Å². The fraction of sp³-hybridized carbons (Fsp3) is 0.462. The summed E-state index contributed by atoms with van der Waals surface area (Å²) in [7, 11) is 0. The number of pyridine rings is 1. The summed E-state index contributed by atoms with van der Waals surface area (Å²) in [5.41, 5.74) is 1.45. The number of anilines is 1. The van der Waals surface area contributed by atoms with Crippen molar-refractivity contribution in [1.29, 1.82) is 5.26 Å². The van der Waals surface area contributed by atoms with Crippen molar-refractivity contribution in [2.75, 3.05) is 24.5 Å². The summed E-state index contributed by atoms with van der Waals surface area (Å²) in [6, 6.07) is 4.12. The lowest BCUT2D eigenvalue weighted by Crippen LogP contribution is -2.36. The zero-order valence-electron chi connectivity index (χ0n) is 10.4. The molecule has 0 radical (unpaired) electrons. The van der Waals surface area contributed by atoms with Crippen LogP contribution in [-0.2, 0) is 0 Å². The predicted molar refractivity (Wildman–Crippen MR) is 67.8 cm³/mol. The first-order valence-corrected chi connectivity index (χ1v) is 6.28. The standard InChI is InChI=1S/C13H14N4O2/c14-4-9-3-11(6-15-5-9)17-2-1-10-7-16(13(18)19)8-12(10)17/h3,5-6,10,12H,1-2,7-8H2,(H,18,19)/t10-,12+/m0/s1. The van der Waals surface area contributed by atoms with Gasteiger partial charge in [0.2, 0.25) is 0 Å². The maximum Gasteiger partial charge on any atom is 0.407 e. The Morgan fingerprint density at radius 1 is 1.47 bits per heavy atom. The molecule has 2 saturated heterocycles. The molecule has 98 valence electrons. The van der Waals surface area contributed by atoms with Gasteiger partial charge in [-0.25, -0.2) is 4.79 Å². The molecule has 0 saturated carbocycles. The molecule has 0 bridgehead atoms. The van der Waals surface area contributed by atoms with E-state index in [2.05, 4.69) is 16.0 Å². The zero-order valence-corrected chi connectivity index (χ0v) is 10.4. The van der Waals surface area contributed by atoms with Crippen molar-refractivity contribution >= 4 is 11.8 Å². The third-order valence-corrected chi connectivity index (χ3v) is 4.00. The van der Waals surface area contributed by atoms with E-state index < -0.39 is 6.09 Å². The van der Waals surface area contributed by atoms with Crippen LogP contribution in [0.15, 0.2) is 18.5 Å². The highest BCUT2D eigenvalue weighted by molar-refractivity contribution is 5.66. The van der Waals surface area contributed by atoms with E-state index in [1.807, 2.05) is 6.07 Å². The van der Waals surface area contributed by atoms with Gasteiger partial charge in [-0.15, -0.1) is 0 Å². The molecular weight excluding hydrogens is 244 g/mol. The Hall–Kier alpha value is -2.29. The number of nitriles is 1. The summed E-state index contributed by atoms with van der Waals surface area (Å²) in [5, 5.41) is 18.0. The largest absolute Gasteiger partial charge is 0.465 e. The average molecular weight is 258 g/mol. The van der Waals surface area contributed by atoms with E-state index >= 15 is 0 Å². The molecular formula is C13H14N4O2. The van der Waals surface area contributed by atoms with Crippen LogP contribution in [-0.4, -0.2) is 46.8 Å². The lowest BCUT2D eigenvalue weighted by Gasteiger charge is -2.26. The predicted octanol–water partition coefficient (Wildman–Crippen LogP) is 1.14. The second-order valence-corrected chi connectivity index (χ2v) is 5.04. The molecule has 3 rings (SSSR count). The van der Waals surface area contributed by atoms with Crippen molar-refractivity contribution in [1.82, 2.24) is 9.88 Å². The van der Waals surface area contributed by atoms with Gasteiger partial charge in [-0.05, 0) is 12.5 Å². The van der Waals surface area contributed by atoms with Crippen molar-refractivity contribution in [3.05, 3.63) is 24.0 Å². The highest BCUT2D eigenvalue weighted by Crippen LogP contribution is 2.34. The molecule has 2 fully saturated rings. The molecule has 19 heavy (non-hydrogen) atoms. The normalized spacial score (nSPS) is 25.2. The van der Waals surface area contributed by atoms with Crippen molar-refractivity contribution < 1.29 is 9.90 Å². The number of nitrogens with zero attached hydrogens (tertiary/aromatic N) is 4. The maximum absolute atomic E-state index is 11.0. The van der Waals surface area contributed by atoms with E-state index in [0.717, 1.165) is 18.7 Å². The summed E-state index contributed by atoms with van der Waals surface area (Å²) >= 11 is 0. The van der Waals surface area contributed by atoms with Crippen LogP contribution in [0.25, 0.3) is 0 Å². The van der Waals surface area contributed by atoms with Crippen LogP contribution in [0.4, 0.5) is 10.5 Å². The third-order valence-electron chi connectivity index (χ3n) is 4.00. The number of carboxylic acid groups (broad SMARTS) is 1. The Kier molecular flexibility index (Phi) is 2.75. The highest BCUT2D eigenvalue weighted by atomic mass is 16.4. The molecule has 6 nitrogen and oxygen atoms in total. The first-order valence-electron chi connectivity index (χ1n) is 6.28. The van der Waals surface area contributed by atoms with E-state index in [0.29, 0.717) is 24.6 Å². The fourth-order valence-corrected chi connectivity index (χ4v) is 3.08. The number of carbonyl (C=O) groups is 1. The van der Waals surface area contributed by atoms with Crippen molar-refractivity contribution in [3.63, 3.8) is 0 Å². The second-order valence-electron chi connectivity index (χ2n) is 5.04. The van der Waals surface area contributed by atoms with Gasteiger partial charge in [-0.3, -0.25) is 4.98 Å². The number of rotatable bonds is 1. The summed E-state index contributed by atoms with van der Waals surface area (Å²) in [4.78, 5) is 18.8. The van der Waals surface area contributed by atoms with Gasteiger partial charge in [-0.2, -0.15) is 5.26 Å². The summed E-state index contributed by atoms with van der Waals surface area (Å²) in [6.45, 7) is 2.05. The van der Waals surface area contributed by atoms with Crippen LogP contribution in [0.1, 0.15) is 12.0 Å². The summed E-state index contributed by atoms with van der Waals surface area (Å²) in [6.07, 6.45) is 3.42. The fourth-order valence-electron chi connectivity index (χ4n) is 3.08. The average Bonchev–Trinajstić information content (AvgIpc) is 2.98. The van der Waals surface area contributed by atoms with Crippen molar-refractivity contribution in [2.24, 2.45) is 5.92 Å². The minimum absolute atomic E-state index is 0.215. The quantitative estimate of drug-likeness (QED) is 0.817. The van der Waals surface area contributed by atoms with Gasteiger partial charge < -0.3 is 14.9 Å². The lowest BCUT2D eigenvalue weighted by molar-refractivity contribution is 0.153. The monoisotopic (exact) mass is 258 g/mol. The molecule has 2 aliphatic heterocycles. The van der Waals surface area contributed by atoms with Gasteiger partial charge in [0.25, 0.3) is 0 Å². The molecule has 1 aromatic heterocycles. The van der Waals surface area contributed by atoms with E-state index in [4.69, 9.17) is 10.4 Å². The highest BCUT2D eigenvalue weighted by Gasteiger charge is 2.43. The number of hydrogen-bond donors (Lipinski definition) is 1. The van der Waals surface area contributed by atoms with Crippen LogP contribution in [0.5, 0.6) is 0 Å². The van der Waals surface area contributed by atoms with Gasteiger partial charge in [0, 0.05) is 31.7 Å². The minimum atomic E-state index is -0.849. The summed E-state index contributed by atoms with van der Waals surface area (Å²) < 4.78 is 0. The van der Waals surface area contributed by atoms with E-state index in [-0.39, 0.29) is 6.04 Å². The summed E-state index contributed by atoms with van der Waals surface area (Å²) in [5.74, 6) is 0.391. The Morgan fingerprint density at radius 2 is 2.32 bits per heavy atom. The first kappa shape index (κ1) is 11.8. The minimum Gasteiger partial charge on any atom is -0.465 e. The van der Waals surface area contributed by atoms with Crippen LogP contribution >= 0.6 is 0 Å². The van der Waals surface area contributed by atoms with E-state index in [9.17, 15) is 4.79 Å². The Balaban J connectivity index is 1.83. The van der Waals surface area contributed by atoms with Crippen molar-refractivity contribution in [3.8, 4) is 6.07 Å². The van der Waals surface area contributed by atoms with Gasteiger partial charge in [0.05, 0.1) is 23.5 Å². The molecule has 1 amide bonds. The smallest absolute Gasteiger partial charge is 0.407 e. The molecule has 2 aliphatic rings. The second kappa shape index (κ2) is 4.43. The molecule has 1 aromatic rings. The van der Waals surface area contributed by atoms with E-state index in [1.165, 1.54) is 11.1 Å². The Labute approximate surface area is 110 Å². The molecule has 0 spiro atoms. The number of likely N-dealkylation sites (tertiary alicyclic amines) is 1. The molecule has 0 aromatic carbocycles. The maximum atomic E-state index is 11.0. The van der Waals surface area contributed by atoms with Crippen LogP contribution < -0.4 is 4.90 Å². The Bertz CT molecular complexity index is 554. The number of aromatic nitrogens is 1. The molecule has 3 heterocycles. The van der Waals surface area contributed by atoms with Gasteiger partial charge in [-0.1, -0.05) is 0 Å².